The van der Waals surface area contributed by atoms with E-state index in [-0.39, 0.29) is 11.8 Å². The molecule has 0 unspecified atom stereocenters. The third-order valence-electron chi connectivity index (χ3n) is 4.65. The molecule has 0 aliphatic heterocycles. The number of rotatable bonds is 7. The Labute approximate surface area is 140 Å². The van der Waals surface area contributed by atoms with Crippen LogP contribution >= 0.6 is 0 Å². The van der Waals surface area contributed by atoms with Crippen LogP contribution < -0.4 is 10.6 Å². The monoisotopic (exact) mass is 317 g/mol. The van der Waals surface area contributed by atoms with Crippen LogP contribution in [0.1, 0.15) is 65.7 Å². The van der Waals surface area contributed by atoms with Crippen LogP contribution in [0.4, 0.5) is 11.5 Å². The van der Waals surface area contributed by atoms with Crippen LogP contribution in [0, 0.1) is 11.8 Å². The van der Waals surface area contributed by atoms with Crippen LogP contribution in [-0.2, 0) is 4.79 Å². The highest BCUT2D eigenvalue weighted by Gasteiger charge is 2.26. The number of nitrogens with zero attached hydrogens (tertiary/aromatic N) is 1. The topological polar surface area (TPSA) is 54.0 Å². The second-order valence-corrected chi connectivity index (χ2v) is 7.08. The molecule has 1 amide bonds. The third kappa shape index (κ3) is 5.85. The SMILES string of the molecule is CCCCC1CCC(C(=O)Nc2ccc(NC(C)C)nc2)CC1. The molecule has 0 radical (unpaired) electrons. The van der Waals surface area contributed by atoms with Crippen molar-refractivity contribution in [3.8, 4) is 0 Å². The number of hydrogen-bond acceptors (Lipinski definition) is 3. The molecular formula is C19H31N3O. The van der Waals surface area contributed by atoms with Gasteiger partial charge in [-0.1, -0.05) is 26.2 Å². The van der Waals surface area contributed by atoms with Gasteiger partial charge in [0.05, 0.1) is 11.9 Å². The molecule has 0 atom stereocenters. The average Bonchev–Trinajstić information content (AvgIpc) is 2.54. The van der Waals surface area contributed by atoms with Crippen molar-refractivity contribution in [1.29, 1.82) is 0 Å². The number of pyridine rings is 1. The van der Waals surface area contributed by atoms with Crippen LogP contribution in [-0.4, -0.2) is 16.9 Å². The number of hydrogen-bond donors (Lipinski definition) is 2. The van der Waals surface area contributed by atoms with E-state index >= 15 is 0 Å². The Kier molecular flexibility index (Phi) is 6.87. The summed E-state index contributed by atoms with van der Waals surface area (Å²) in [5.41, 5.74) is 0.789. The minimum absolute atomic E-state index is 0.158. The maximum absolute atomic E-state index is 12.4. The summed E-state index contributed by atoms with van der Waals surface area (Å²) in [7, 11) is 0. The summed E-state index contributed by atoms with van der Waals surface area (Å²) in [5, 5.41) is 6.27. The van der Waals surface area contributed by atoms with Gasteiger partial charge in [-0.2, -0.15) is 0 Å². The first-order valence-electron chi connectivity index (χ1n) is 9.12. The first-order valence-corrected chi connectivity index (χ1v) is 9.12. The van der Waals surface area contributed by atoms with Crippen LogP contribution in [0.15, 0.2) is 18.3 Å². The summed E-state index contributed by atoms with van der Waals surface area (Å²) in [6.45, 7) is 6.40. The lowest BCUT2D eigenvalue weighted by Gasteiger charge is -2.27. The van der Waals surface area contributed by atoms with Crippen LogP contribution in [0.3, 0.4) is 0 Å². The number of aromatic nitrogens is 1. The molecule has 1 aromatic heterocycles. The summed E-state index contributed by atoms with van der Waals surface area (Å²) >= 11 is 0. The lowest BCUT2D eigenvalue weighted by molar-refractivity contribution is -0.121. The van der Waals surface area contributed by atoms with E-state index in [1.54, 1.807) is 6.20 Å². The van der Waals surface area contributed by atoms with Gasteiger partial charge in [0.1, 0.15) is 5.82 Å². The number of anilines is 2. The van der Waals surface area contributed by atoms with Gasteiger partial charge >= 0.3 is 0 Å². The molecule has 2 rings (SSSR count). The zero-order valence-electron chi connectivity index (χ0n) is 14.8. The van der Waals surface area contributed by atoms with Crippen molar-refractivity contribution >= 4 is 17.4 Å². The zero-order valence-corrected chi connectivity index (χ0v) is 14.8. The Bertz CT molecular complexity index is 476. The van der Waals surface area contributed by atoms with Crippen molar-refractivity contribution < 1.29 is 4.79 Å². The van der Waals surface area contributed by atoms with Crippen molar-refractivity contribution in [2.75, 3.05) is 10.6 Å². The molecule has 1 aliphatic carbocycles. The van der Waals surface area contributed by atoms with Crippen LogP contribution in [0.25, 0.3) is 0 Å². The molecular weight excluding hydrogens is 286 g/mol. The standard InChI is InChI=1S/C19H31N3O/c1-4-5-6-15-7-9-16(10-8-15)19(23)22-17-11-12-18(20-13-17)21-14(2)3/h11-16H,4-10H2,1-3H3,(H,20,21)(H,22,23). The molecule has 23 heavy (non-hydrogen) atoms. The quantitative estimate of drug-likeness (QED) is 0.757. The Morgan fingerprint density at radius 1 is 1.26 bits per heavy atom. The van der Waals surface area contributed by atoms with Gasteiger partial charge in [0.25, 0.3) is 0 Å². The minimum atomic E-state index is 0.158. The maximum Gasteiger partial charge on any atom is 0.227 e. The van der Waals surface area contributed by atoms with Gasteiger partial charge in [0, 0.05) is 12.0 Å². The van der Waals surface area contributed by atoms with E-state index < -0.39 is 0 Å². The number of carbonyl (C=O) groups excluding carboxylic acids is 1. The largest absolute Gasteiger partial charge is 0.368 e. The number of unbranched alkanes of at least 4 members (excludes halogenated alkanes) is 1. The molecule has 2 N–H and O–H groups in total. The number of amides is 1. The molecule has 0 saturated heterocycles. The lowest BCUT2D eigenvalue weighted by atomic mass is 9.79. The molecule has 4 nitrogen and oxygen atoms in total. The molecule has 1 fully saturated rings. The molecule has 4 heteroatoms. The van der Waals surface area contributed by atoms with Gasteiger partial charge in [-0.3, -0.25) is 4.79 Å². The molecule has 128 valence electrons. The molecule has 0 bridgehead atoms. The number of carbonyl (C=O) groups is 1. The summed E-state index contributed by atoms with van der Waals surface area (Å²) in [5.74, 6) is 2.00. The van der Waals surface area contributed by atoms with Crippen LogP contribution in [0.5, 0.6) is 0 Å². The first-order chi connectivity index (χ1) is 11.1. The van der Waals surface area contributed by atoms with Crippen molar-refractivity contribution in [3.63, 3.8) is 0 Å². The Morgan fingerprint density at radius 2 is 2.00 bits per heavy atom. The predicted molar refractivity (Wildman–Crippen MR) is 96.6 cm³/mol. The van der Waals surface area contributed by atoms with E-state index in [9.17, 15) is 4.79 Å². The van der Waals surface area contributed by atoms with Gasteiger partial charge in [0.15, 0.2) is 0 Å². The van der Waals surface area contributed by atoms with E-state index in [0.29, 0.717) is 6.04 Å². The fourth-order valence-corrected chi connectivity index (χ4v) is 3.30. The van der Waals surface area contributed by atoms with Crippen molar-refractivity contribution in [3.05, 3.63) is 18.3 Å². The molecule has 1 aromatic rings. The van der Waals surface area contributed by atoms with Gasteiger partial charge in [-0.15, -0.1) is 0 Å². The van der Waals surface area contributed by atoms with Gasteiger partial charge < -0.3 is 10.6 Å². The summed E-state index contributed by atoms with van der Waals surface area (Å²) < 4.78 is 0. The molecule has 1 aliphatic rings. The Balaban J connectivity index is 1.78. The highest BCUT2D eigenvalue weighted by Crippen LogP contribution is 2.32. The summed E-state index contributed by atoms with van der Waals surface area (Å²) in [6, 6.07) is 4.19. The zero-order chi connectivity index (χ0) is 16.7. The van der Waals surface area contributed by atoms with Gasteiger partial charge in [-0.05, 0) is 57.6 Å². The van der Waals surface area contributed by atoms with Crippen molar-refractivity contribution in [2.45, 2.75) is 71.8 Å². The molecule has 1 saturated carbocycles. The number of nitrogens with one attached hydrogen (secondary N) is 2. The molecule has 1 heterocycles. The Morgan fingerprint density at radius 3 is 2.57 bits per heavy atom. The minimum Gasteiger partial charge on any atom is -0.368 e. The lowest BCUT2D eigenvalue weighted by Crippen LogP contribution is -2.27. The normalized spacial score (nSPS) is 21.2. The van der Waals surface area contributed by atoms with Gasteiger partial charge in [0.2, 0.25) is 5.91 Å². The molecule has 0 aromatic carbocycles. The summed E-state index contributed by atoms with van der Waals surface area (Å²) in [4.78, 5) is 16.7. The van der Waals surface area contributed by atoms with Crippen molar-refractivity contribution in [1.82, 2.24) is 4.98 Å². The Hall–Kier alpha value is -1.58. The van der Waals surface area contributed by atoms with E-state index in [1.165, 1.54) is 32.1 Å². The average molecular weight is 317 g/mol. The fourth-order valence-electron chi connectivity index (χ4n) is 3.30. The van der Waals surface area contributed by atoms with E-state index in [2.05, 4.69) is 36.4 Å². The highest BCUT2D eigenvalue weighted by atomic mass is 16.1. The second-order valence-electron chi connectivity index (χ2n) is 7.08. The van der Waals surface area contributed by atoms with E-state index in [4.69, 9.17) is 0 Å². The van der Waals surface area contributed by atoms with E-state index in [1.807, 2.05) is 12.1 Å². The first kappa shape index (κ1) is 17.8. The van der Waals surface area contributed by atoms with Crippen LogP contribution in [0.2, 0.25) is 0 Å². The predicted octanol–water partition coefficient (Wildman–Crippen LogP) is 4.84. The van der Waals surface area contributed by atoms with Crippen molar-refractivity contribution in [2.24, 2.45) is 11.8 Å². The smallest absolute Gasteiger partial charge is 0.227 e. The molecule has 0 spiro atoms. The second kappa shape index (κ2) is 8.90. The third-order valence-corrected chi connectivity index (χ3v) is 4.65. The van der Waals surface area contributed by atoms with E-state index in [0.717, 1.165) is 30.3 Å². The van der Waals surface area contributed by atoms with Gasteiger partial charge in [-0.25, -0.2) is 4.98 Å². The highest BCUT2D eigenvalue weighted by molar-refractivity contribution is 5.92. The maximum atomic E-state index is 12.4. The fraction of sp³-hybridized carbons (Fsp3) is 0.684. The summed E-state index contributed by atoms with van der Waals surface area (Å²) in [6.07, 6.45) is 10.1.